The lowest BCUT2D eigenvalue weighted by Gasteiger charge is -2.34. The van der Waals surface area contributed by atoms with Crippen molar-refractivity contribution in [3.8, 4) is 5.75 Å². The van der Waals surface area contributed by atoms with Crippen molar-refractivity contribution in [2.45, 2.75) is 38.1 Å². The molecule has 2 unspecified atom stereocenters. The molecule has 0 aliphatic rings. The zero-order valence-corrected chi connectivity index (χ0v) is 16.4. The second kappa shape index (κ2) is 9.47. The summed E-state index contributed by atoms with van der Waals surface area (Å²) in [6.45, 7) is 3.05. The third kappa shape index (κ3) is 5.85. The molecular formula is C22H22F3NO4. The molecular weight excluding hydrogens is 399 g/mol. The summed E-state index contributed by atoms with van der Waals surface area (Å²) in [6.07, 6.45) is -1.95. The number of hydrogen-bond donors (Lipinski definition) is 2. The van der Waals surface area contributed by atoms with Crippen LogP contribution in [0.25, 0.3) is 6.08 Å². The number of halogens is 3. The van der Waals surface area contributed by atoms with Crippen molar-refractivity contribution in [1.29, 1.82) is 0 Å². The summed E-state index contributed by atoms with van der Waals surface area (Å²) in [5.41, 5.74) is -2.39. The molecule has 5 nitrogen and oxygen atoms in total. The Kier molecular flexibility index (Phi) is 7.26. The molecule has 0 saturated heterocycles. The molecule has 2 aromatic rings. The summed E-state index contributed by atoms with van der Waals surface area (Å²) >= 11 is 0. The van der Waals surface area contributed by atoms with Crippen LogP contribution in [-0.2, 0) is 15.8 Å². The second-order valence-corrected chi connectivity index (χ2v) is 6.75. The van der Waals surface area contributed by atoms with Crippen molar-refractivity contribution in [3.63, 3.8) is 0 Å². The van der Waals surface area contributed by atoms with Gasteiger partial charge in [0.15, 0.2) is 0 Å². The minimum absolute atomic E-state index is 0.189. The van der Waals surface area contributed by atoms with E-state index in [0.29, 0.717) is 5.75 Å². The molecule has 0 spiro atoms. The number of alkyl halides is 3. The first-order chi connectivity index (χ1) is 14.1. The lowest BCUT2D eigenvalue weighted by atomic mass is 9.93. The molecule has 0 bridgehead atoms. The predicted octanol–water partition coefficient (Wildman–Crippen LogP) is 4.54. The molecule has 0 heterocycles. The van der Waals surface area contributed by atoms with Gasteiger partial charge in [0, 0.05) is 6.08 Å². The highest BCUT2D eigenvalue weighted by atomic mass is 19.4. The number of carboxylic acid groups (broad SMARTS) is 1. The monoisotopic (exact) mass is 421 g/mol. The van der Waals surface area contributed by atoms with Crippen molar-refractivity contribution >= 4 is 18.0 Å². The second-order valence-electron chi connectivity index (χ2n) is 6.75. The van der Waals surface area contributed by atoms with Gasteiger partial charge in [0.05, 0.1) is 11.6 Å². The zero-order valence-electron chi connectivity index (χ0n) is 16.4. The van der Waals surface area contributed by atoms with E-state index in [0.717, 1.165) is 18.2 Å². The van der Waals surface area contributed by atoms with Gasteiger partial charge in [-0.2, -0.15) is 13.2 Å². The van der Waals surface area contributed by atoms with Gasteiger partial charge in [-0.15, -0.1) is 0 Å². The van der Waals surface area contributed by atoms with E-state index in [-0.39, 0.29) is 12.0 Å². The molecule has 30 heavy (non-hydrogen) atoms. The zero-order chi connectivity index (χ0) is 22.4. The molecule has 1 amide bonds. The molecule has 2 aromatic carbocycles. The maximum Gasteiger partial charge on any atom is 0.416 e. The molecule has 0 fully saturated rings. The molecule has 0 aromatic heterocycles. The summed E-state index contributed by atoms with van der Waals surface area (Å²) in [5, 5.41) is 12.3. The summed E-state index contributed by atoms with van der Waals surface area (Å²) in [7, 11) is 0. The SMILES string of the molecule is CCC(NC(=O)C=Cc1cccc(C(F)(F)F)c1)C(C)(Oc1ccccc1)C(=O)O. The molecule has 0 aliphatic heterocycles. The van der Waals surface area contributed by atoms with Crippen LogP contribution in [0.5, 0.6) is 5.75 Å². The Morgan fingerprint density at radius 2 is 1.80 bits per heavy atom. The quantitative estimate of drug-likeness (QED) is 0.614. The van der Waals surface area contributed by atoms with Gasteiger partial charge >= 0.3 is 12.1 Å². The highest BCUT2D eigenvalue weighted by Crippen LogP contribution is 2.29. The van der Waals surface area contributed by atoms with Gasteiger partial charge in [-0.1, -0.05) is 37.3 Å². The third-order valence-electron chi connectivity index (χ3n) is 4.53. The summed E-state index contributed by atoms with van der Waals surface area (Å²) in [6, 6.07) is 12.0. The average Bonchev–Trinajstić information content (AvgIpc) is 2.70. The van der Waals surface area contributed by atoms with Gasteiger partial charge in [0.2, 0.25) is 11.5 Å². The molecule has 0 aliphatic carbocycles. The van der Waals surface area contributed by atoms with Crippen molar-refractivity contribution in [2.75, 3.05) is 0 Å². The topological polar surface area (TPSA) is 75.6 Å². The number of aliphatic carboxylic acids is 1. The van der Waals surface area contributed by atoms with E-state index >= 15 is 0 Å². The fraction of sp³-hybridized carbons (Fsp3) is 0.273. The minimum Gasteiger partial charge on any atom is -0.478 e. The summed E-state index contributed by atoms with van der Waals surface area (Å²) in [5.74, 6) is -1.58. The number of benzene rings is 2. The minimum atomic E-state index is -4.49. The summed E-state index contributed by atoms with van der Waals surface area (Å²) < 4.78 is 44.1. The van der Waals surface area contributed by atoms with Gasteiger partial charge in [-0.05, 0) is 49.2 Å². The Morgan fingerprint density at radius 3 is 2.37 bits per heavy atom. The van der Waals surface area contributed by atoms with Gasteiger partial charge < -0.3 is 15.2 Å². The number of para-hydroxylation sites is 1. The molecule has 160 valence electrons. The molecule has 2 N–H and O–H groups in total. The van der Waals surface area contributed by atoms with Crippen LogP contribution in [0.3, 0.4) is 0 Å². The van der Waals surface area contributed by atoms with Crippen molar-refractivity contribution in [2.24, 2.45) is 0 Å². The normalized spacial score (nSPS) is 14.7. The van der Waals surface area contributed by atoms with Gasteiger partial charge in [0.25, 0.3) is 0 Å². The van der Waals surface area contributed by atoms with Crippen LogP contribution in [0, 0.1) is 0 Å². The van der Waals surface area contributed by atoms with Crippen LogP contribution in [0.2, 0.25) is 0 Å². The number of rotatable bonds is 8. The van der Waals surface area contributed by atoms with Crippen LogP contribution in [0.4, 0.5) is 13.2 Å². The smallest absolute Gasteiger partial charge is 0.416 e. The Hall–Kier alpha value is -3.29. The summed E-state index contributed by atoms with van der Waals surface area (Å²) in [4.78, 5) is 24.2. The molecule has 8 heteroatoms. The lowest BCUT2D eigenvalue weighted by Crippen LogP contribution is -2.58. The number of carbonyl (C=O) groups is 2. The molecule has 0 radical (unpaired) electrons. The third-order valence-corrected chi connectivity index (χ3v) is 4.53. The van der Waals surface area contributed by atoms with Crippen LogP contribution >= 0.6 is 0 Å². The maximum absolute atomic E-state index is 12.8. The van der Waals surface area contributed by atoms with Gasteiger partial charge in [-0.3, -0.25) is 4.79 Å². The first kappa shape index (κ1) is 23.0. The number of carbonyl (C=O) groups excluding carboxylic acids is 1. The average molecular weight is 421 g/mol. The maximum atomic E-state index is 12.8. The Morgan fingerprint density at radius 1 is 1.13 bits per heavy atom. The van der Waals surface area contributed by atoms with Crippen LogP contribution < -0.4 is 10.1 Å². The van der Waals surface area contributed by atoms with Crippen molar-refractivity contribution < 1.29 is 32.6 Å². The molecule has 2 atom stereocenters. The first-order valence-electron chi connectivity index (χ1n) is 9.19. The molecule has 0 saturated carbocycles. The Balaban J connectivity index is 2.16. The largest absolute Gasteiger partial charge is 0.478 e. The van der Waals surface area contributed by atoms with E-state index < -0.39 is 35.3 Å². The number of amides is 1. The fourth-order valence-corrected chi connectivity index (χ4v) is 2.84. The fourth-order valence-electron chi connectivity index (χ4n) is 2.84. The number of carboxylic acids is 1. The number of ether oxygens (including phenoxy) is 1. The van der Waals surface area contributed by atoms with Gasteiger partial charge in [-0.25, -0.2) is 4.79 Å². The van der Waals surface area contributed by atoms with E-state index in [1.807, 2.05) is 0 Å². The van der Waals surface area contributed by atoms with E-state index in [1.54, 1.807) is 37.3 Å². The van der Waals surface area contributed by atoms with E-state index in [2.05, 4.69) is 5.32 Å². The number of hydrogen-bond acceptors (Lipinski definition) is 3. The van der Waals surface area contributed by atoms with Gasteiger partial charge in [0.1, 0.15) is 5.75 Å². The van der Waals surface area contributed by atoms with E-state index in [1.165, 1.54) is 25.1 Å². The van der Waals surface area contributed by atoms with Crippen molar-refractivity contribution in [3.05, 3.63) is 71.8 Å². The predicted molar refractivity (Wildman–Crippen MR) is 106 cm³/mol. The Labute approximate surface area is 172 Å². The Bertz CT molecular complexity index is 912. The van der Waals surface area contributed by atoms with E-state index in [4.69, 9.17) is 4.74 Å². The highest BCUT2D eigenvalue weighted by Gasteiger charge is 2.44. The van der Waals surface area contributed by atoms with E-state index in [9.17, 15) is 27.9 Å². The number of nitrogens with one attached hydrogen (secondary N) is 1. The highest BCUT2D eigenvalue weighted by molar-refractivity contribution is 5.92. The first-order valence-corrected chi connectivity index (χ1v) is 9.19. The standard InChI is InChI=1S/C22H22F3NO4/c1-3-18(21(2,20(28)29)30-17-10-5-4-6-11-17)26-19(27)13-12-15-8-7-9-16(14-15)22(23,24)25/h4-14,18H,3H2,1-2H3,(H,26,27)(H,28,29). The van der Waals surface area contributed by atoms with Crippen LogP contribution in [-0.4, -0.2) is 28.6 Å². The molecule has 2 rings (SSSR count). The lowest BCUT2D eigenvalue weighted by molar-refractivity contribution is -0.157. The van der Waals surface area contributed by atoms with Crippen LogP contribution in [0.1, 0.15) is 31.4 Å². The van der Waals surface area contributed by atoms with Crippen LogP contribution in [0.15, 0.2) is 60.7 Å². The van der Waals surface area contributed by atoms with Crippen molar-refractivity contribution in [1.82, 2.24) is 5.32 Å².